The van der Waals surface area contributed by atoms with Crippen LogP contribution in [0.15, 0.2) is 58.1 Å². The van der Waals surface area contributed by atoms with Gasteiger partial charge in [-0.25, -0.2) is 0 Å². The van der Waals surface area contributed by atoms with Crippen LogP contribution in [0.5, 0.6) is 0 Å². The highest BCUT2D eigenvalue weighted by Gasteiger charge is 2.27. The van der Waals surface area contributed by atoms with Crippen LogP contribution < -0.4 is 10.9 Å². The fraction of sp³-hybridized carbons (Fsp3) is 0.318. The lowest BCUT2D eigenvalue weighted by Crippen LogP contribution is -2.22. The first-order valence-corrected chi connectivity index (χ1v) is 10.1. The van der Waals surface area contributed by atoms with Crippen LogP contribution in [0.25, 0.3) is 22.2 Å². The van der Waals surface area contributed by atoms with Gasteiger partial charge in [-0.1, -0.05) is 24.9 Å². The summed E-state index contributed by atoms with van der Waals surface area (Å²) in [5.74, 6) is 1.85. The average Bonchev–Trinajstić information content (AvgIpc) is 3.39. The number of rotatable bonds is 4. The van der Waals surface area contributed by atoms with E-state index in [1.165, 1.54) is 19.3 Å². The molecule has 3 heterocycles. The fourth-order valence-corrected chi connectivity index (χ4v) is 4.32. The predicted octanol–water partition coefficient (Wildman–Crippen LogP) is 4.87. The van der Waals surface area contributed by atoms with Gasteiger partial charge in [0, 0.05) is 23.5 Å². The summed E-state index contributed by atoms with van der Waals surface area (Å²) < 4.78 is 7.26. The fourth-order valence-electron chi connectivity index (χ4n) is 4.32. The van der Waals surface area contributed by atoms with Crippen molar-refractivity contribution in [3.8, 4) is 11.3 Å². The van der Waals surface area contributed by atoms with Crippen molar-refractivity contribution in [2.75, 3.05) is 5.32 Å². The third kappa shape index (κ3) is 3.22. The summed E-state index contributed by atoms with van der Waals surface area (Å²) >= 11 is 0. The van der Waals surface area contributed by atoms with Crippen LogP contribution in [0.1, 0.15) is 38.6 Å². The number of aromatic amines is 1. The van der Waals surface area contributed by atoms with Gasteiger partial charge < -0.3 is 14.8 Å². The Morgan fingerprint density at radius 3 is 2.72 bits per heavy atom. The van der Waals surface area contributed by atoms with Gasteiger partial charge in [0.1, 0.15) is 5.39 Å². The molecule has 4 aromatic rings. The Hall–Kier alpha value is -3.35. The van der Waals surface area contributed by atoms with E-state index < -0.39 is 0 Å². The summed E-state index contributed by atoms with van der Waals surface area (Å²) in [6.07, 6.45) is 8.08. The molecule has 0 saturated heterocycles. The van der Waals surface area contributed by atoms with Crippen LogP contribution in [-0.4, -0.2) is 19.9 Å². The monoisotopic (exact) mass is 389 g/mol. The lowest BCUT2D eigenvalue weighted by Gasteiger charge is -2.29. The van der Waals surface area contributed by atoms with Gasteiger partial charge in [0.25, 0.3) is 5.56 Å². The number of benzene rings is 1. The zero-order valence-corrected chi connectivity index (χ0v) is 16.3. The molecule has 1 aliphatic carbocycles. The minimum Gasteiger partial charge on any atom is -0.356 e. The SMILES string of the molecule is C[C@H]1CCCCC1n1nc(Nc2ccc(-c3ccno3)cc2)c2c(=O)[nH]ccc21. The third-order valence-corrected chi connectivity index (χ3v) is 5.88. The van der Waals surface area contributed by atoms with Crippen LogP contribution in [0.4, 0.5) is 11.5 Å². The standard InChI is InChI=1S/C22H23N5O2/c1-14-4-2-3-5-17(14)27-18-10-12-23-22(28)20(18)21(26-27)25-16-8-6-15(7-9-16)19-11-13-24-29-19/h6-14,17H,2-5H2,1H3,(H,23,28)(H,25,26)/t14-,17?/m0/s1. The van der Waals surface area contributed by atoms with E-state index in [-0.39, 0.29) is 5.56 Å². The van der Waals surface area contributed by atoms with E-state index >= 15 is 0 Å². The molecular formula is C22H23N5O2. The maximum atomic E-state index is 12.6. The maximum Gasteiger partial charge on any atom is 0.261 e. The first-order valence-electron chi connectivity index (χ1n) is 10.1. The van der Waals surface area contributed by atoms with Crippen molar-refractivity contribution in [3.05, 3.63) is 59.1 Å². The number of anilines is 2. The molecule has 7 nitrogen and oxygen atoms in total. The van der Waals surface area contributed by atoms with Crippen molar-refractivity contribution < 1.29 is 4.52 Å². The van der Waals surface area contributed by atoms with Gasteiger partial charge in [0.15, 0.2) is 11.6 Å². The first kappa shape index (κ1) is 17.7. The molecule has 1 aliphatic rings. The molecule has 2 atom stereocenters. The molecule has 7 heteroatoms. The Labute approximate surface area is 167 Å². The quantitative estimate of drug-likeness (QED) is 0.519. The van der Waals surface area contributed by atoms with Gasteiger partial charge in [-0.2, -0.15) is 5.10 Å². The molecule has 1 unspecified atom stereocenters. The van der Waals surface area contributed by atoms with Crippen LogP contribution in [0.3, 0.4) is 0 Å². The molecule has 2 N–H and O–H groups in total. The van der Waals surface area contributed by atoms with Crippen molar-refractivity contribution in [1.29, 1.82) is 0 Å². The Morgan fingerprint density at radius 2 is 1.97 bits per heavy atom. The molecule has 1 aromatic carbocycles. The predicted molar refractivity (Wildman–Crippen MR) is 112 cm³/mol. The van der Waals surface area contributed by atoms with Crippen molar-refractivity contribution in [1.82, 2.24) is 19.9 Å². The molecule has 5 rings (SSSR count). The highest BCUT2D eigenvalue weighted by molar-refractivity contribution is 5.91. The molecule has 1 saturated carbocycles. The summed E-state index contributed by atoms with van der Waals surface area (Å²) in [5.41, 5.74) is 2.56. The van der Waals surface area contributed by atoms with Crippen molar-refractivity contribution in [3.63, 3.8) is 0 Å². The van der Waals surface area contributed by atoms with E-state index in [0.717, 1.165) is 23.2 Å². The second kappa shape index (κ2) is 7.24. The number of aromatic nitrogens is 4. The van der Waals surface area contributed by atoms with Crippen LogP contribution in [-0.2, 0) is 0 Å². The summed E-state index contributed by atoms with van der Waals surface area (Å²) in [6.45, 7) is 2.28. The molecule has 0 amide bonds. The molecule has 0 spiro atoms. The van der Waals surface area contributed by atoms with Crippen LogP contribution >= 0.6 is 0 Å². The molecule has 0 radical (unpaired) electrons. The largest absolute Gasteiger partial charge is 0.356 e. The van der Waals surface area contributed by atoms with Crippen LogP contribution in [0, 0.1) is 5.92 Å². The molecule has 1 fully saturated rings. The highest BCUT2D eigenvalue weighted by Crippen LogP contribution is 2.36. The second-order valence-electron chi connectivity index (χ2n) is 7.77. The number of nitrogens with one attached hydrogen (secondary N) is 2. The summed E-state index contributed by atoms with van der Waals surface area (Å²) in [6, 6.07) is 11.9. The number of fused-ring (bicyclic) bond motifs is 1. The van der Waals surface area contributed by atoms with Gasteiger partial charge in [-0.3, -0.25) is 9.48 Å². The molecular weight excluding hydrogens is 366 g/mol. The number of pyridine rings is 1. The number of nitrogens with zero attached hydrogens (tertiary/aromatic N) is 3. The zero-order valence-electron chi connectivity index (χ0n) is 16.3. The van der Waals surface area contributed by atoms with E-state index in [9.17, 15) is 4.79 Å². The number of hydrogen-bond acceptors (Lipinski definition) is 5. The van der Waals surface area contributed by atoms with Crippen molar-refractivity contribution in [2.45, 2.75) is 38.6 Å². The van der Waals surface area contributed by atoms with E-state index in [0.29, 0.717) is 28.9 Å². The average molecular weight is 389 g/mol. The molecule has 0 aliphatic heterocycles. The van der Waals surface area contributed by atoms with Gasteiger partial charge in [-0.15, -0.1) is 0 Å². The summed E-state index contributed by atoms with van der Waals surface area (Å²) in [4.78, 5) is 15.4. The minimum absolute atomic E-state index is 0.127. The Bertz CT molecular complexity index is 1170. The Morgan fingerprint density at radius 1 is 1.14 bits per heavy atom. The van der Waals surface area contributed by atoms with Crippen LogP contribution in [0.2, 0.25) is 0 Å². The van der Waals surface area contributed by atoms with Gasteiger partial charge in [0.2, 0.25) is 0 Å². The van der Waals surface area contributed by atoms with Gasteiger partial charge >= 0.3 is 0 Å². The first-order chi connectivity index (χ1) is 14.2. The summed E-state index contributed by atoms with van der Waals surface area (Å²) in [5, 5.41) is 12.5. The van der Waals surface area contributed by atoms with E-state index in [4.69, 9.17) is 9.62 Å². The normalized spacial score (nSPS) is 19.5. The topological polar surface area (TPSA) is 88.7 Å². The lowest BCUT2D eigenvalue weighted by molar-refractivity contribution is 0.246. The van der Waals surface area contributed by atoms with Crippen molar-refractivity contribution in [2.24, 2.45) is 5.92 Å². The van der Waals surface area contributed by atoms with Crippen molar-refractivity contribution >= 4 is 22.4 Å². The molecule has 29 heavy (non-hydrogen) atoms. The number of hydrogen-bond donors (Lipinski definition) is 2. The number of H-pyrrole nitrogens is 1. The Balaban J connectivity index is 1.52. The highest BCUT2D eigenvalue weighted by atomic mass is 16.5. The maximum absolute atomic E-state index is 12.6. The van der Waals surface area contributed by atoms with Gasteiger partial charge in [0.05, 0.1) is 17.8 Å². The van der Waals surface area contributed by atoms with Gasteiger partial charge in [-0.05, 0) is 49.1 Å². The molecule has 0 bridgehead atoms. The van der Waals surface area contributed by atoms with E-state index in [2.05, 4.69) is 27.1 Å². The Kier molecular flexibility index (Phi) is 4.42. The smallest absolute Gasteiger partial charge is 0.261 e. The lowest BCUT2D eigenvalue weighted by atomic mass is 9.86. The summed E-state index contributed by atoms with van der Waals surface area (Å²) in [7, 11) is 0. The minimum atomic E-state index is -0.127. The van der Waals surface area contributed by atoms with E-state index in [1.807, 2.05) is 36.4 Å². The third-order valence-electron chi connectivity index (χ3n) is 5.88. The van der Waals surface area contributed by atoms with E-state index in [1.54, 1.807) is 12.4 Å². The molecule has 3 aromatic heterocycles. The molecule has 148 valence electrons. The zero-order chi connectivity index (χ0) is 19.8. The second-order valence-corrected chi connectivity index (χ2v) is 7.77.